The van der Waals surface area contributed by atoms with E-state index in [1.54, 1.807) is 31.2 Å². The van der Waals surface area contributed by atoms with Gasteiger partial charge in [-0.2, -0.15) is 0 Å². The van der Waals surface area contributed by atoms with Gasteiger partial charge in [-0.05, 0) is 43.3 Å². The third-order valence-corrected chi connectivity index (χ3v) is 3.21. The molecule has 0 saturated carbocycles. The number of anilines is 1. The number of ether oxygens (including phenoxy) is 1. The fourth-order valence-corrected chi connectivity index (χ4v) is 1.85. The first-order valence-corrected chi connectivity index (χ1v) is 6.93. The van der Waals surface area contributed by atoms with Crippen molar-refractivity contribution in [2.75, 3.05) is 5.32 Å². The largest absolute Gasteiger partial charge is 0.481 e. The SMILES string of the molecule is C[C@@H](Oc1ccc(Br)cc1)C(=O)Nc1ccc(F)c(F)c1. The van der Waals surface area contributed by atoms with Crippen molar-refractivity contribution < 1.29 is 18.3 Å². The normalized spacial score (nSPS) is 11.8. The summed E-state index contributed by atoms with van der Waals surface area (Å²) in [6, 6.07) is 10.1. The van der Waals surface area contributed by atoms with E-state index in [-0.39, 0.29) is 5.69 Å². The zero-order valence-corrected chi connectivity index (χ0v) is 12.7. The summed E-state index contributed by atoms with van der Waals surface area (Å²) >= 11 is 3.30. The average Bonchev–Trinajstić information content (AvgIpc) is 2.45. The van der Waals surface area contributed by atoms with Crippen molar-refractivity contribution in [3.63, 3.8) is 0 Å². The van der Waals surface area contributed by atoms with Crippen LogP contribution in [0.1, 0.15) is 6.92 Å². The summed E-state index contributed by atoms with van der Waals surface area (Å²) < 4.78 is 32.2. The number of hydrogen-bond acceptors (Lipinski definition) is 2. The first-order chi connectivity index (χ1) is 9.95. The minimum atomic E-state index is -1.02. The van der Waals surface area contributed by atoms with E-state index in [9.17, 15) is 13.6 Å². The lowest BCUT2D eigenvalue weighted by Crippen LogP contribution is -2.30. The molecular formula is C15H12BrF2NO2. The van der Waals surface area contributed by atoms with Crippen LogP contribution in [-0.2, 0) is 4.79 Å². The van der Waals surface area contributed by atoms with Crippen LogP contribution < -0.4 is 10.1 Å². The maximum atomic E-state index is 13.1. The lowest BCUT2D eigenvalue weighted by atomic mass is 10.2. The molecule has 0 saturated heterocycles. The number of hydrogen-bond donors (Lipinski definition) is 1. The van der Waals surface area contributed by atoms with E-state index in [2.05, 4.69) is 21.2 Å². The van der Waals surface area contributed by atoms with Crippen LogP contribution in [-0.4, -0.2) is 12.0 Å². The third-order valence-electron chi connectivity index (χ3n) is 2.68. The smallest absolute Gasteiger partial charge is 0.265 e. The summed E-state index contributed by atoms with van der Waals surface area (Å²) in [7, 11) is 0. The van der Waals surface area contributed by atoms with E-state index in [0.717, 1.165) is 16.6 Å². The quantitative estimate of drug-likeness (QED) is 0.895. The van der Waals surface area contributed by atoms with Crippen molar-refractivity contribution in [1.82, 2.24) is 0 Å². The fourth-order valence-electron chi connectivity index (χ4n) is 1.59. The molecule has 6 heteroatoms. The van der Waals surface area contributed by atoms with Gasteiger partial charge in [0, 0.05) is 16.2 Å². The Morgan fingerprint density at radius 3 is 2.43 bits per heavy atom. The number of rotatable bonds is 4. The van der Waals surface area contributed by atoms with Crippen LogP contribution in [0.3, 0.4) is 0 Å². The minimum Gasteiger partial charge on any atom is -0.481 e. The Morgan fingerprint density at radius 1 is 1.14 bits per heavy atom. The molecule has 0 unspecified atom stereocenters. The zero-order valence-electron chi connectivity index (χ0n) is 11.1. The topological polar surface area (TPSA) is 38.3 Å². The van der Waals surface area contributed by atoms with Crippen LogP contribution in [0.4, 0.5) is 14.5 Å². The summed E-state index contributed by atoms with van der Waals surface area (Å²) in [6.07, 6.45) is -0.778. The van der Waals surface area contributed by atoms with Crippen LogP contribution in [0.2, 0.25) is 0 Å². The van der Waals surface area contributed by atoms with Crippen molar-refractivity contribution in [2.45, 2.75) is 13.0 Å². The van der Waals surface area contributed by atoms with Crippen LogP contribution in [0, 0.1) is 11.6 Å². The van der Waals surface area contributed by atoms with Crippen LogP contribution in [0.25, 0.3) is 0 Å². The molecule has 0 spiro atoms. The van der Waals surface area contributed by atoms with Crippen molar-refractivity contribution >= 4 is 27.5 Å². The number of nitrogens with one attached hydrogen (secondary N) is 1. The first-order valence-electron chi connectivity index (χ1n) is 6.14. The summed E-state index contributed by atoms with van der Waals surface area (Å²) in [6.45, 7) is 1.57. The van der Waals surface area contributed by atoms with Crippen LogP contribution in [0.5, 0.6) is 5.75 Å². The number of benzene rings is 2. The monoisotopic (exact) mass is 355 g/mol. The highest BCUT2D eigenvalue weighted by Gasteiger charge is 2.15. The molecule has 2 rings (SSSR count). The molecule has 0 aliphatic heterocycles. The molecule has 3 nitrogen and oxygen atoms in total. The number of halogens is 3. The second kappa shape index (κ2) is 6.67. The minimum absolute atomic E-state index is 0.171. The van der Waals surface area contributed by atoms with Gasteiger partial charge in [0.2, 0.25) is 0 Å². The molecule has 2 aromatic carbocycles. The van der Waals surface area contributed by atoms with Crippen molar-refractivity contribution in [3.05, 3.63) is 58.6 Å². The zero-order chi connectivity index (χ0) is 15.4. The van der Waals surface area contributed by atoms with Gasteiger partial charge in [-0.3, -0.25) is 4.79 Å². The molecule has 0 bridgehead atoms. The maximum Gasteiger partial charge on any atom is 0.265 e. The first kappa shape index (κ1) is 15.4. The Morgan fingerprint density at radius 2 is 1.81 bits per heavy atom. The van der Waals surface area contributed by atoms with Gasteiger partial charge in [0.05, 0.1) is 0 Å². The molecule has 0 aliphatic carbocycles. The lowest BCUT2D eigenvalue weighted by molar-refractivity contribution is -0.122. The van der Waals surface area contributed by atoms with Gasteiger partial charge >= 0.3 is 0 Å². The van der Waals surface area contributed by atoms with Gasteiger partial charge in [0.25, 0.3) is 5.91 Å². The standard InChI is InChI=1S/C15H12BrF2NO2/c1-9(21-12-5-2-10(16)3-6-12)15(20)19-11-4-7-13(17)14(18)8-11/h2-9H,1H3,(H,19,20)/t9-/m1/s1. The fraction of sp³-hybridized carbons (Fsp3) is 0.133. The summed E-state index contributed by atoms with van der Waals surface area (Å²) in [5.41, 5.74) is 0.171. The van der Waals surface area contributed by atoms with Crippen molar-refractivity contribution in [3.8, 4) is 5.75 Å². The van der Waals surface area contributed by atoms with Crippen LogP contribution >= 0.6 is 15.9 Å². The Hall–Kier alpha value is -1.95. The molecular weight excluding hydrogens is 344 g/mol. The predicted octanol–water partition coefficient (Wildman–Crippen LogP) is 4.13. The maximum absolute atomic E-state index is 13.1. The van der Waals surface area contributed by atoms with Gasteiger partial charge in [0.15, 0.2) is 17.7 Å². The predicted molar refractivity (Wildman–Crippen MR) is 79.2 cm³/mol. The number of carbonyl (C=O) groups excluding carboxylic acids is 1. The molecule has 0 aliphatic rings. The number of amides is 1. The Balaban J connectivity index is 1.98. The van der Waals surface area contributed by atoms with E-state index in [0.29, 0.717) is 5.75 Å². The van der Waals surface area contributed by atoms with Crippen molar-refractivity contribution in [1.29, 1.82) is 0 Å². The highest BCUT2D eigenvalue weighted by Crippen LogP contribution is 2.18. The van der Waals surface area contributed by atoms with E-state index < -0.39 is 23.6 Å². The van der Waals surface area contributed by atoms with E-state index >= 15 is 0 Å². The van der Waals surface area contributed by atoms with Gasteiger partial charge in [-0.25, -0.2) is 8.78 Å². The van der Waals surface area contributed by atoms with Gasteiger partial charge in [-0.15, -0.1) is 0 Å². The summed E-state index contributed by atoms with van der Waals surface area (Å²) in [4.78, 5) is 11.9. The molecule has 0 fully saturated rings. The van der Waals surface area contributed by atoms with E-state index in [4.69, 9.17) is 4.74 Å². The molecule has 1 N–H and O–H groups in total. The Kier molecular flexibility index (Phi) is 4.90. The molecule has 0 radical (unpaired) electrons. The number of carbonyl (C=O) groups is 1. The van der Waals surface area contributed by atoms with Crippen molar-refractivity contribution in [2.24, 2.45) is 0 Å². The summed E-state index contributed by atoms with van der Waals surface area (Å²) in [5.74, 6) is -1.91. The average molecular weight is 356 g/mol. The second-order valence-corrected chi connectivity index (χ2v) is 5.25. The van der Waals surface area contributed by atoms with E-state index in [1.807, 2.05) is 0 Å². The van der Waals surface area contributed by atoms with E-state index in [1.165, 1.54) is 6.07 Å². The van der Waals surface area contributed by atoms with Crippen LogP contribution in [0.15, 0.2) is 46.9 Å². The molecule has 2 aromatic rings. The van der Waals surface area contributed by atoms with Gasteiger partial charge in [0.1, 0.15) is 5.75 Å². The lowest BCUT2D eigenvalue weighted by Gasteiger charge is -2.14. The molecule has 21 heavy (non-hydrogen) atoms. The molecule has 1 amide bonds. The molecule has 110 valence electrons. The molecule has 0 heterocycles. The highest BCUT2D eigenvalue weighted by atomic mass is 79.9. The van der Waals surface area contributed by atoms with Gasteiger partial charge in [-0.1, -0.05) is 15.9 Å². The Labute approximate surface area is 129 Å². The highest BCUT2D eigenvalue weighted by molar-refractivity contribution is 9.10. The third kappa shape index (κ3) is 4.26. The summed E-state index contributed by atoms with van der Waals surface area (Å²) in [5, 5.41) is 2.46. The molecule has 0 aromatic heterocycles. The van der Waals surface area contributed by atoms with Gasteiger partial charge < -0.3 is 10.1 Å². The molecule has 1 atom stereocenters. The second-order valence-electron chi connectivity index (χ2n) is 4.33. The Bertz CT molecular complexity index is 647.